The number of carbonyl (C=O) groups is 3. The molecule has 0 bridgehead atoms. The predicted octanol–water partition coefficient (Wildman–Crippen LogP) is -0.102. The molecular weight excluding hydrogens is 322 g/mol. The second-order valence-electron chi connectivity index (χ2n) is 6.50. The zero-order valence-electron chi connectivity index (χ0n) is 14.1. The molecule has 8 heteroatoms. The first-order valence-corrected chi connectivity index (χ1v) is 8.43. The molecule has 3 unspecified atom stereocenters. The lowest BCUT2D eigenvalue weighted by molar-refractivity contribution is -0.130. The molecule has 2 aliphatic rings. The first-order chi connectivity index (χ1) is 12.0. The topological polar surface area (TPSA) is 103 Å². The van der Waals surface area contributed by atoms with Crippen LogP contribution >= 0.6 is 0 Å². The van der Waals surface area contributed by atoms with E-state index in [1.807, 2.05) is 18.2 Å². The molecule has 1 aromatic rings. The smallest absolute Gasteiger partial charge is 0.322 e. The van der Waals surface area contributed by atoms with E-state index < -0.39 is 12.1 Å². The molecule has 0 radical (unpaired) electrons. The van der Waals surface area contributed by atoms with Crippen molar-refractivity contribution in [3.8, 4) is 0 Å². The number of hydrogen-bond donors (Lipinski definition) is 4. The van der Waals surface area contributed by atoms with Gasteiger partial charge in [0.15, 0.2) is 0 Å². The zero-order chi connectivity index (χ0) is 17.8. The second-order valence-corrected chi connectivity index (χ2v) is 6.50. The highest BCUT2D eigenvalue weighted by molar-refractivity contribution is 6.04. The van der Waals surface area contributed by atoms with Crippen molar-refractivity contribution in [1.82, 2.24) is 26.4 Å². The van der Waals surface area contributed by atoms with Gasteiger partial charge in [-0.05, 0) is 12.0 Å². The molecular formula is C17H23N5O3. The van der Waals surface area contributed by atoms with Crippen LogP contribution in [-0.2, 0) is 9.59 Å². The van der Waals surface area contributed by atoms with Gasteiger partial charge >= 0.3 is 6.03 Å². The van der Waals surface area contributed by atoms with E-state index in [0.29, 0.717) is 13.0 Å². The molecule has 2 heterocycles. The summed E-state index contributed by atoms with van der Waals surface area (Å²) in [6, 6.07) is 9.17. The summed E-state index contributed by atoms with van der Waals surface area (Å²) in [7, 11) is 1.77. The van der Waals surface area contributed by atoms with Gasteiger partial charge in [-0.3, -0.25) is 20.3 Å². The summed E-state index contributed by atoms with van der Waals surface area (Å²) in [5.74, 6) is -0.146. The van der Waals surface area contributed by atoms with Crippen LogP contribution in [0.2, 0.25) is 0 Å². The van der Waals surface area contributed by atoms with Crippen molar-refractivity contribution in [2.24, 2.45) is 5.92 Å². The van der Waals surface area contributed by atoms with Crippen molar-refractivity contribution < 1.29 is 14.4 Å². The molecule has 0 aromatic heterocycles. The summed E-state index contributed by atoms with van der Waals surface area (Å²) in [6.45, 7) is 1.39. The molecule has 3 rings (SSSR count). The van der Waals surface area contributed by atoms with Gasteiger partial charge in [0.2, 0.25) is 5.91 Å². The molecule has 2 aliphatic heterocycles. The Morgan fingerprint density at radius 1 is 1.24 bits per heavy atom. The van der Waals surface area contributed by atoms with Crippen LogP contribution in [0.4, 0.5) is 4.79 Å². The first kappa shape index (κ1) is 17.4. The summed E-state index contributed by atoms with van der Waals surface area (Å²) < 4.78 is 0. The number of nitrogens with one attached hydrogen (secondary N) is 4. The predicted molar refractivity (Wildman–Crippen MR) is 91.1 cm³/mol. The SMILES string of the molecule is CN(CC1CNNC1c1ccccc1)C(=O)CCC1NC(=O)NC1=O. The Morgan fingerprint density at radius 2 is 2.00 bits per heavy atom. The largest absolute Gasteiger partial charge is 0.345 e. The number of urea groups is 1. The van der Waals surface area contributed by atoms with Gasteiger partial charge < -0.3 is 10.2 Å². The van der Waals surface area contributed by atoms with Crippen LogP contribution < -0.4 is 21.5 Å². The van der Waals surface area contributed by atoms with Crippen LogP contribution in [0, 0.1) is 5.92 Å². The maximum Gasteiger partial charge on any atom is 0.322 e. The monoisotopic (exact) mass is 345 g/mol. The number of imide groups is 1. The first-order valence-electron chi connectivity index (χ1n) is 8.43. The number of hydrazine groups is 1. The number of carbonyl (C=O) groups excluding carboxylic acids is 3. The average molecular weight is 345 g/mol. The quantitative estimate of drug-likeness (QED) is 0.539. The molecule has 2 saturated heterocycles. The van der Waals surface area contributed by atoms with Gasteiger partial charge in [0, 0.05) is 32.5 Å². The Morgan fingerprint density at radius 3 is 2.68 bits per heavy atom. The van der Waals surface area contributed by atoms with Crippen molar-refractivity contribution in [2.75, 3.05) is 20.1 Å². The maximum absolute atomic E-state index is 12.4. The molecule has 0 aliphatic carbocycles. The van der Waals surface area contributed by atoms with E-state index in [-0.39, 0.29) is 30.2 Å². The normalized spacial score (nSPS) is 25.6. The van der Waals surface area contributed by atoms with Crippen LogP contribution in [-0.4, -0.2) is 48.9 Å². The average Bonchev–Trinajstić information content (AvgIpc) is 3.19. The van der Waals surface area contributed by atoms with E-state index >= 15 is 0 Å². The molecule has 25 heavy (non-hydrogen) atoms. The van der Waals surface area contributed by atoms with Crippen molar-refractivity contribution >= 4 is 17.8 Å². The standard InChI is InChI=1S/C17H23N5O3/c1-22(14(23)8-7-13-16(24)20-17(25)19-13)10-12-9-18-21-15(12)11-5-3-2-4-6-11/h2-6,12-13,15,18,21H,7-10H2,1H3,(H2,19,20,24,25). The number of benzene rings is 1. The van der Waals surface area contributed by atoms with Gasteiger partial charge in [0.25, 0.3) is 5.91 Å². The van der Waals surface area contributed by atoms with Crippen LogP contribution in [0.5, 0.6) is 0 Å². The Hall–Kier alpha value is -2.45. The van der Waals surface area contributed by atoms with Gasteiger partial charge in [0.1, 0.15) is 6.04 Å². The van der Waals surface area contributed by atoms with Crippen molar-refractivity contribution in [2.45, 2.75) is 24.9 Å². The molecule has 3 atom stereocenters. The van der Waals surface area contributed by atoms with Gasteiger partial charge in [0.05, 0.1) is 6.04 Å². The molecule has 134 valence electrons. The number of amides is 4. The molecule has 4 amide bonds. The minimum absolute atomic E-state index is 0.0346. The van der Waals surface area contributed by atoms with Crippen LogP contribution in [0.1, 0.15) is 24.4 Å². The Labute approximate surface area is 146 Å². The molecule has 4 N–H and O–H groups in total. The van der Waals surface area contributed by atoms with Crippen LogP contribution in [0.25, 0.3) is 0 Å². The zero-order valence-corrected chi connectivity index (χ0v) is 14.1. The number of nitrogens with zero attached hydrogens (tertiary/aromatic N) is 1. The van der Waals surface area contributed by atoms with E-state index in [1.165, 1.54) is 5.56 Å². The molecule has 1 aromatic carbocycles. The maximum atomic E-state index is 12.4. The highest BCUT2D eigenvalue weighted by Gasteiger charge is 2.32. The fraction of sp³-hybridized carbons (Fsp3) is 0.471. The van der Waals surface area contributed by atoms with Gasteiger partial charge in [-0.15, -0.1) is 0 Å². The van der Waals surface area contributed by atoms with Crippen LogP contribution in [0.15, 0.2) is 30.3 Å². The van der Waals surface area contributed by atoms with Gasteiger partial charge in [-0.25, -0.2) is 10.2 Å². The third-order valence-electron chi connectivity index (χ3n) is 4.69. The van der Waals surface area contributed by atoms with Crippen molar-refractivity contribution in [1.29, 1.82) is 0 Å². The fourth-order valence-corrected chi connectivity index (χ4v) is 3.30. The highest BCUT2D eigenvalue weighted by atomic mass is 16.2. The summed E-state index contributed by atoms with van der Waals surface area (Å²) in [5, 5.41) is 4.68. The Bertz CT molecular complexity index is 651. The van der Waals surface area contributed by atoms with E-state index in [0.717, 1.165) is 6.54 Å². The van der Waals surface area contributed by atoms with E-state index in [4.69, 9.17) is 0 Å². The van der Waals surface area contributed by atoms with E-state index in [2.05, 4.69) is 33.6 Å². The molecule has 0 spiro atoms. The summed E-state index contributed by atoms with van der Waals surface area (Å²) in [5.41, 5.74) is 7.61. The van der Waals surface area contributed by atoms with Crippen LogP contribution in [0.3, 0.4) is 0 Å². The number of hydrogen-bond acceptors (Lipinski definition) is 5. The van der Waals surface area contributed by atoms with E-state index in [1.54, 1.807) is 11.9 Å². The van der Waals surface area contributed by atoms with Crippen molar-refractivity contribution in [3.05, 3.63) is 35.9 Å². The lowest BCUT2D eigenvalue weighted by atomic mass is 9.94. The Kier molecular flexibility index (Phi) is 5.30. The highest BCUT2D eigenvalue weighted by Crippen LogP contribution is 2.25. The minimum Gasteiger partial charge on any atom is -0.345 e. The van der Waals surface area contributed by atoms with E-state index in [9.17, 15) is 14.4 Å². The number of rotatable bonds is 6. The summed E-state index contributed by atoms with van der Waals surface area (Å²) in [4.78, 5) is 36.7. The Balaban J connectivity index is 1.51. The minimum atomic E-state index is -0.614. The third kappa shape index (κ3) is 4.15. The molecule has 8 nitrogen and oxygen atoms in total. The van der Waals surface area contributed by atoms with Gasteiger partial charge in [-0.2, -0.15) is 0 Å². The second kappa shape index (κ2) is 7.62. The van der Waals surface area contributed by atoms with Crippen molar-refractivity contribution in [3.63, 3.8) is 0 Å². The lowest BCUT2D eigenvalue weighted by Gasteiger charge is -2.25. The summed E-state index contributed by atoms with van der Waals surface area (Å²) in [6.07, 6.45) is 0.530. The summed E-state index contributed by atoms with van der Waals surface area (Å²) >= 11 is 0. The van der Waals surface area contributed by atoms with Gasteiger partial charge in [-0.1, -0.05) is 30.3 Å². The molecule has 0 saturated carbocycles. The fourth-order valence-electron chi connectivity index (χ4n) is 3.30. The molecule has 2 fully saturated rings. The third-order valence-corrected chi connectivity index (χ3v) is 4.69. The lowest BCUT2D eigenvalue weighted by Crippen LogP contribution is -2.36.